The summed E-state index contributed by atoms with van der Waals surface area (Å²) in [7, 11) is 0. The zero-order chi connectivity index (χ0) is 28.8. The van der Waals surface area contributed by atoms with Crippen molar-refractivity contribution in [2.45, 2.75) is 65.3 Å². The summed E-state index contributed by atoms with van der Waals surface area (Å²) in [6, 6.07) is 13.1. The van der Waals surface area contributed by atoms with E-state index < -0.39 is 46.9 Å². The number of hydrogen-bond acceptors (Lipinski definition) is 9. The molecule has 10 nitrogen and oxygen atoms in total. The van der Waals surface area contributed by atoms with Crippen molar-refractivity contribution in [2.75, 3.05) is 17.5 Å². The van der Waals surface area contributed by atoms with Crippen LogP contribution >= 0.6 is 0 Å². The summed E-state index contributed by atoms with van der Waals surface area (Å²) in [4.78, 5) is 38.0. The molecule has 0 bridgehead atoms. The fourth-order valence-electron chi connectivity index (χ4n) is 3.39. The number of carbonyl (C=O) groups excluding carboxylic acids is 3. The Kier molecular flexibility index (Phi) is 9.73. The normalized spacial score (nSPS) is 14.2. The fourth-order valence-corrected chi connectivity index (χ4v) is 3.92. The standard InChI is InChI=1S/C28H35NO9S/c1-27(2,3)37-24(30)16-29(39(33)34)22-14-13-21(15-23(22)35-17-20-11-12-20)25(31)38-28(4,5)26(32)36-18-19-9-7-6-8-10-19/h6-10,13-15,20H,11-12,16-18H2,1-5H3,(H,33,34)/p-1. The van der Waals surface area contributed by atoms with E-state index >= 15 is 0 Å². The highest BCUT2D eigenvalue weighted by molar-refractivity contribution is 7.80. The summed E-state index contributed by atoms with van der Waals surface area (Å²) in [5.41, 5.74) is -1.53. The van der Waals surface area contributed by atoms with E-state index in [9.17, 15) is 23.1 Å². The van der Waals surface area contributed by atoms with Gasteiger partial charge in [-0.15, -0.1) is 0 Å². The van der Waals surface area contributed by atoms with Gasteiger partial charge in [0.1, 0.15) is 24.5 Å². The Bertz CT molecular complexity index is 1200. The van der Waals surface area contributed by atoms with Crippen LogP contribution in [0.1, 0.15) is 63.4 Å². The molecule has 1 saturated carbocycles. The van der Waals surface area contributed by atoms with Gasteiger partial charge in [0.25, 0.3) is 0 Å². The maximum Gasteiger partial charge on any atom is 0.350 e. The molecule has 0 radical (unpaired) electrons. The molecule has 0 aromatic heterocycles. The third-order valence-electron chi connectivity index (χ3n) is 5.56. The number of rotatable bonds is 12. The van der Waals surface area contributed by atoms with E-state index in [1.165, 1.54) is 32.0 Å². The van der Waals surface area contributed by atoms with Gasteiger partial charge in [0.15, 0.2) is 0 Å². The Morgan fingerprint density at radius 1 is 1.00 bits per heavy atom. The molecule has 0 spiro atoms. The predicted octanol–water partition coefficient (Wildman–Crippen LogP) is 4.10. The molecule has 1 atom stereocenters. The summed E-state index contributed by atoms with van der Waals surface area (Å²) in [5, 5.41) is 0. The lowest BCUT2D eigenvalue weighted by molar-refractivity contribution is -0.164. The summed E-state index contributed by atoms with van der Waals surface area (Å²) in [5.74, 6) is -1.91. The Morgan fingerprint density at radius 2 is 1.67 bits per heavy atom. The first-order valence-corrected chi connectivity index (χ1v) is 13.6. The van der Waals surface area contributed by atoms with Crippen LogP contribution in [0.4, 0.5) is 5.69 Å². The molecule has 11 heteroatoms. The number of hydrogen-bond donors (Lipinski definition) is 0. The molecule has 0 aliphatic heterocycles. The van der Waals surface area contributed by atoms with Crippen molar-refractivity contribution >= 4 is 34.9 Å². The quantitative estimate of drug-likeness (QED) is 0.214. The minimum Gasteiger partial charge on any atom is -0.755 e. The second-order valence-corrected chi connectivity index (χ2v) is 11.6. The third-order valence-corrected chi connectivity index (χ3v) is 6.25. The number of nitrogens with zero attached hydrogens (tertiary/aromatic N) is 1. The molecule has 3 rings (SSSR count). The number of anilines is 1. The minimum atomic E-state index is -2.84. The van der Waals surface area contributed by atoms with Gasteiger partial charge < -0.3 is 23.5 Å². The van der Waals surface area contributed by atoms with Crippen molar-refractivity contribution in [3.8, 4) is 5.75 Å². The molecule has 1 unspecified atom stereocenters. The van der Waals surface area contributed by atoms with Crippen molar-refractivity contribution in [1.29, 1.82) is 0 Å². The van der Waals surface area contributed by atoms with Gasteiger partial charge >= 0.3 is 17.9 Å². The van der Waals surface area contributed by atoms with Crippen LogP contribution < -0.4 is 9.04 Å². The zero-order valence-electron chi connectivity index (χ0n) is 22.8. The molecule has 0 N–H and O–H groups in total. The molecule has 1 aliphatic rings. The minimum absolute atomic E-state index is 0.0221. The number of benzene rings is 2. The molecule has 2 aromatic carbocycles. The van der Waals surface area contributed by atoms with E-state index in [0.29, 0.717) is 12.5 Å². The average molecular weight is 561 g/mol. The highest BCUT2D eigenvalue weighted by Gasteiger charge is 2.35. The van der Waals surface area contributed by atoms with Crippen molar-refractivity contribution in [3.05, 3.63) is 59.7 Å². The predicted molar refractivity (Wildman–Crippen MR) is 143 cm³/mol. The SMILES string of the molecule is CC(C)(C)OC(=O)CN(c1ccc(C(=O)OC(C)(C)C(=O)OCc2ccccc2)cc1OCC1CC1)S(=O)[O-]. The van der Waals surface area contributed by atoms with E-state index in [1.54, 1.807) is 32.9 Å². The Balaban J connectivity index is 1.77. The van der Waals surface area contributed by atoms with Crippen LogP contribution in [0, 0.1) is 5.92 Å². The second kappa shape index (κ2) is 12.6. The number of carbonyl (C=O) groups is 3. The first-order chi connectivity index (χ1) is 18.2. The average Bonchev–Trinajstić information content (AvgIpc) is 3.68. The summed E-state index contributed by atoms with van der Waals surface area (Å²) >= 11 is -2.84. The van der Waals surface area contributed by atoms with Crippen LogP contribution in [0.5, 0.6) is 5.75 Å². The highest BCUT2D eigenvalue weighted by Crippen LogP contribution is 2.35. The maximum atomic E-state index is 13.0. The van der Waals surface area contributed by atoms with Crippen LogP contribution in [0.25, 0.3) is 0 Å². The van der Waals surface area contributed by atoms with Crippen molar-refractivity contribution in [2.24, 2.45) is 5.92 Å². The van der Waals surface area contributed by atoms with Gasteiger partial charge in [0.2, 0.25) is 5.60 Å². The van der Waals surface area contributed by atoms with Gasteiger partial charge in [-0.05, 0) is 77.1 Å². The van der Waals surface area contributed by atoms with Gasteiger partial charge in [-0.3, -0.25) is 13.3 Å². The molecule has 0 saturated heterocycles. The van der Waals surface area contributed by atoms with Crippen LogP contribution in [0.3, 0.4) is 0 Å². The van der Waals surface area contributed by atoms with E-state index in [0.717, 1.165) is 22.7 Å². The molecule has 0 heterocycles. The van der Waals surface area contributed by atoms with Gasteiger partial charge in [0, 0.05) is 11.3 Å². The summed E-state index contributed by atoms with van der Waals surface area (Å²) in [6.45, 7) is 7.60. The number of ether oxygens (including phenoxy) is 4. The fraction of sp³-hybridized carbons (Fsp3) is 0.464. The zero-order valence-corrected chi connectivity index (χ0v) is 23.6. The lowest BCUT2D eigenvalue weighted by Crippen LogP contribution is -2.38. The monoisotopic (exact) mass is 560 g/mol. The Labute approximate surface area is 231 Å². The van der Waals surface area contributed by atoms with E-state index in [4.69, 9.17) is 18.9 Å². The second-order valence-electron chi connectivity index (χ2n) is 10.7. The molecule has 2 aromatic rings. The third kappa shape index (κ3) is 9.36. The van der Waals surface area contributed by atoms with Gasteiger partial charge in [-0.1, -0.05) is 30.3 Å². The van der Waals surface area contributed by atoms with Crippen molar-refractivity contribution < 1.29 is 42.1 Å². The Hall–Kier alpha value is -3.44. The first kappa shape index (κ1) is 30.1. The smallest absolute Gasteiger partial charge is 0.350 e. The van der Waals surface area contributed by atoms with Gasteiger partial charge in [-0.2, -0.15) is 0 Å². The van der Waals surface area contributed by atoms with E-state index in [2.05, 4.69) is 0 Å². The van der Waals surface area contributed by atoms with Crippen molar-refractivity contribution in [1.82, 2.24) is 0 Å². The van der Waals surface area contributed by atoms with Gasteiger partial charge in [-0.25, -0.2) is 9.59 Å². The maximum absolute atomic E-state index is 13.0. The molecule has 39 heavy (non-hydrogen) atoms. The van der Waals surface area contributed by atoms with Gasteiger partial charge in [0.05, 0.1) is 17.9 Å². The van der Waals surface area contributed by atoms with Crippen molar-refractivity contribution in [3.63, 3.8) is 0 Å². The molecule has 212 valence electrons. The highest BCUT2D eigenvalue weighted by atomic mass is 32.2. The van der Waals surface area contributed by atoms with Crippen LogP contribution in [-0.2, 0) is 41.7 Å². The summed E-state index contributed by atoms with van der Waals surface area (Å²) < 4.78 is 46.8. The lowest BCUT2D eigenvalue weighted by atomic mass is 10.1. The molecular weight excluding hydrogens is 526 g/mol. The van der Waals surface area contributed by atoms with E-state index in [1.807, 2.05) is 18.2 Å². The lowest BCUT2D eigenvalue weighted by Gasteiger charge is -2.29. The molecule has 0 amide bonds. The largest absolute Gasteiger partial charge is 0.755 e. The summed E-state index contributed by atoms with van der Waals surface area (Å²) in [6.07, 6.45) is 1.96. The molecule has 1 aliphatic carbocycles. The van der Waals surface area contributed by atoms with Crippen LogP contribution in [0.2, 0.25) is 0 Å². The topological polar surface area (TPSA) is 132 Å². The Morgan fingerprint density at radius 3 is 2.26 bits per heavy atom. The first-order valence-electron chi connectivity index (χ1n) is 12.6. The number of esters is 3. The molecular formula is C28H34NO9S-. The molecule has 1 fully saturated rings. The van der Waals surface area contributed by atoms with Crippen LogP contribution in [-0.4, -0.2) is 51.0 Å². The van der Waals surface area contributed by atoms with E-state index in [-0.39, 0.29) is 23.6 Å². The van der Waals surface area contributed by atoms with Crippen LogP contribution in [0.15, 0.2) is 48.5 Å².